The van der Waals surface area contributed by atoms with Gasteiger partial charge in [0.2, 0.25) is 0 Å². The second-order valence-corrected chi connectivity index (χ2v) is 1.92. The molecule has 0 fully saturated rings. The summed E-state index contributed by atoms with van der Waals surface area (Å²) in [7, 11) is 0. The van der Waals surface area contributed by atoms with E-state index in [1.165, 1.54) is 12.8 Å². The summed E-state index contributed by atoms with van der Waals surface area (Å²) in [6.07, 6.45) is 2.66. The largest absolute Gasteiger partial charge is 0.0651 e. The Morgan fingerprint density at radius 3 is 1.43 bits per heavy atom. The van der Waals surface area contributed by atoms with E-state index in [4.69, 9.17) is 0 Å². The zero-order chi connectivity index (χ0) is 4.99. The number of rotatable bonds is 2. The second-order valence-electron chi connectivity index (χ2n) is 1.92. The van der Waals surface area contributed by atoms with Crippen LogP contribution in [0.15, 0.2) is 0 Å². The van der Waals surface area contributed by atoms with Gasteiger partial charge in [0, 0.05) is 39.9 Å². The van der Waals surface area contributed by atoms with Crippen molar-refractivity contribution < 1.29 is 39.9 Å². The van der Waals surface area contributed by atoms with E-state index in [0.29, 0.717) is 0 Å². The minimum Gasteiger partial charge on any atom is -0.0651 e. The molecule has 0 rings (SSSR count). The van der Waals surface area contributed by atoms with Gasteiger partial charge in [-0.1, -0.05) is 33.6 Å². The van der Waals surface area contributed by atoms with Crippen LogP contribution in [0.3, 0.4) is 0 Å². The molecule has 0 nitrogen and oxygen atoms in total. The maximum atomic E-state index is 2.28. The van der Waals surface area contributed by atoms with E-state index in [9.17, 15) is 0 Å². The van der Waals surface area contributed by atoms with Crippen LogP contribution in [0.2, 0.25) is 0 Å². The zero-order valence-electron chi connectivity index (χ0n) is 5.35. The fourth-order valence-electron chi connectivity index (χ4n) is 0.289. The summed E-state index contributed by atoms with van der Waals surface area (Å²) in [5, 5.41) is 0. The topological polar surface area (TPSA) is 0 Å². The molecular formula is C6H14Gd. The fourth-order valence-corrected chi connectivity index (χ4v) is 0.289. The van der Waals surface area contributed by atoms with Gasteiger partial charge in [-0.15, -0.1) is 0 Å². The Hall–Kier alpha value is 1.32. The maximum absolute atomic E-state index is 2.28. The van der Waals surface area contributed by atoms with Crippen LogP contribution in [0.4, 0.5) is 0 Å². The van der Waals surface area contributed by atoms with E-state index in [0.717, 1.165) is 5.92 Å². The normalized spacial score (nSPS) is 8.57. The third-order valence-electron chi connectivity index (χ3n) is 1.39. The van der Waals surface area contributed by atoms with Gasteiger partial charge in [-0.25, -0.2) is 0 Å². The minimum atomic E-state index is 0. The van der Waals surface area contributed by atoms with E-state index in [1.54, 1.807) is 0 Å². The molecule has 0 aliphatic heterocycles. The van der Waals surface area contributed by atoms with Gasteiger partial charge in [-0.05, 0) is 5.92 Å². The van der Waals surface area contributed by atoms with Gasteiger partial charge >= 0.3 is 0 Å². The van der Waals surface area contributed by atoms with E-state index < -0.39 is 0 Å². The Morgan fingerprint density at radius 2 is 1.43 bits per heavy atom. The average Bonchev–Trinajstić information content (AvgIpc) is 1.65. The van der Waals surface area contributed by atoms with Gasteiger partial charge in [0.25, 0.3) is 0 Å². The van der Waals surface area contributed by atoms with Crippen molar-refractivity contribution in [3.8, 4) is 0 Å². The monoisotopic (exact) mass is 244 g/mol. The molecule has 0 N–H and O–H groups in total. The fraction of sp³-hybridized carbons (Fsp3) is 1.00. The van der Waals surface area contributed by atoms with Gasteiger partial charge in [0.15, 0.2) is 0 Å². The van der Waals surface area contributed by atoms with Gasteiger partial charge in [0.05, 0.1) is 0 Å². The van der Waals surface area contributed by atoms with Crippen LogP contribution in [-0.2, 0) is 0 Å². The Morgan fingerprint density at radius 1 is 1.14 bits per heavy atom. The molecule has 0 atom stereocenters. The Kier molecular flexibility index (Phi) is 11.7. The van der Waals surface area contributed by atoms with Crippen molar-refractivity contribution in [1.29, 1.82) is 0 Å². The molecular weight excluding hydrogens is 229 g/mol. The molecule has 0 aromatic heterocycles. The predicted molar refractivity (Wildman–Crippen MR) is 29.7 cm³/mol. The first-order valence-electron chi connectivity index (χ1n) is 2.81. The molecule has 0 saturated carbocycles. The quantitative estimate of drug-likeness (QED) is 0.699. The summed E-state index contributed by atoms with van der Waals surface area (Å²) in [6, 6.07) is 0. The first-order chi connectivity index (χ1) is 2.81. The van der Waals surface area contributed by atoms with Crippen LogP contribution < -0.4 is 0 Å². The molecule has 46 valence electrons. The van der Waals surface area contributed by atoms with Crippen molar-refractivity contribution in [2.45, 2.75) is 33.6 Å². The van der Waals surface area contributed by atoms with Crippen LogP contribution in [0, 0.1) is 45.9 Å². The van der Waals surface area contributed by atoms with Crippen LogP contribution in [-0.4, -0.2) is 0 Å². The smallest absolute Gasteiger partial charge is 0 e. The van der Waals surface area contributed by atoms with Crippen LogP contribution in [0.1, 0.15) is 33.6 Å². The summed E-state index contributed by atoms with van der Waals surface area (Å²) < 4.78 is 0. The molecule has 7 heavy (non-hydrogen) atoms. The van der Waals surface area contributed by atoms with Gasteiger partial charge in [-0.3, -0.25) is 0 Å². The number of hydrogen-bond donors (Lipinski definition) is 0. The van der Waals surface area contributed by atoms with Gasteiger partial charge in [0.1, 0.15) is 0 Å². The molecule has 0 aliphatic carbocycles. The minimum absolute atomic E-state index is 0. The first-order valence-corrected chi connectivity index (χ1v) is 2.81. The van der Waals surface area contributed by atoms with Crippen molar-refractivity contribution in [3.05, 3.63) is 0 Å². The molecule has 0 heterocycles. The van der Waals surface area contributed by atoms with E-state index in [-0.39, 0.29) is 39.9 Å². The maximum Gasteiger partial charge on any atom is 0 e. The SMILES string of the molecule is CCC(C)CC.[Gd]. The molecule has 0 aromatic rings. The predicted octanol–water partition coefficient (Wildman–Crippen LogP) is 2.44. The molecule has 0 spiro atoms. The van der Waals surface area contributed by atoms with Crippen molar-refractivity contribution in [3.63, 3.8) is 0 Å². The van der Waals surface area contributed by atoms with Gasteiger partial charge in [-0.2, -0.15) is 0 Å². The van der Waals surface area contributed by atoms with Crippen molar-refractivity contribution in [1.82, 2.24) is 0 Å². The van der Waals surface area contributed by atoms with Crippen LogP contribution in [0.5, 0.6) is 0 Å². The van der Waals surface area contributed by atoms with E-state index in [1.807, 2.05) is 0 Å². The summed E-state index contributed by atoms with van der Waals surface area (Å²) in [5.41, 5.74) is 0. The molecule has 0 saturated heterocycles. The Balaban J connectivity index is 0. The van der Waals surface area contributed by atoms with E-state index in [2.05, 4.69) is 20.8 Å². The average molecular weight is 243 g/mol. The van der Waals surface area contributed by atoms with Crippen molar-refractivity contribution in [2.75, 3.05) is 0 Å². The molecule has 0 radical (unpaired) electrons. The van der Waals surface area contributed by atoms with Crippen molar-refractivity contribution >= 4 is 0 Å². The number of hydrogen-bond acceptors (Lipinski definition) is 0. The summed E-state index contributed by atoms with van der Waals surface area (Å²) in [6.45, 7) is 6.74. The van der Waals surface area contributed by atoms with Crippen LogP contribution in [0.25, 0.3) is 0 Å². The molecule has 0 bridgehead atoms. The third kappa shape index (κ3) is 7.32. The molecule has 0 aliphatic rings. The summed E-state index contributed by atoms with van der Waals surface area (Å²) in [5.74, 6) is 0.935. The molecule has 0 unspecified atom stereocenters. The molecule has 0 amide bonds. The van der Waals surface area contributed by atoms with E-state index >= 15 is 0 Å². The van der Waals surface area contributed by atoms with Crippen LogP contribution >= 0.6 is 0 Å². The van der Waals surface area contributed by atoms with Gasteiger partial charge < -0.3 is 0 Å². The summed E-state index contributed by atoms with van der Waals surface area (Å²) in [4.78, 5) is 0. The standard InChI is InChI=1S/C6H14.Gd/c1-4-6(3)5-2;/h6H,4-5H2,1-3H3;. The molecule has 0 aromatic carbocycles. The second kappa shape index (κ2) is 7.32. The molecule has 1 heteroatoms. The zero-order valence-corrected chi connectivity index (χ0v) is 7.61. The Labute approximate surface area is 78.7 Å². The summed E-state index contributed by atoms with van der Waals surface area (Å²) >= 11 is 0. The van der Waals surface area contributed by atoms with Crippen molar-refractivity contribution in [2.24, 2.45) is 5.92 Å². The third-order valence-corrected chi connectivity index (χ3v) is 1.39. The Bertz CT molecular complexity index is 23.4. The first kappa shape index (κ1) is 11.2.